The lowest BCUT2D eigenvalue weighted by Gasteiger charge is -1.60. The Balaban J connectivity index is 4.66. The zero-order valence-corrected chi connectivity index (χ0v) is 3.23. The van der Waals surface area contributed by atoms with E-state index in [4.69, 9.17) is 6.85 Å². The monoisotopic (exact) mass is 85.1 g/mol. The molecule has 0 aromatic rings. The highest BCUT2D eigenvalue weighted by molar-refractivity contribution is 5.05. The summed E-state index contributed by atoms with van der Waals surface area (Å²) in [4.78, 5) is 0. The highest BCUT2D eigenvalue weighted by atomic mass is 13.5. The Hall–Kier alpha value is -0.780. The second kappa shape index (κ2) is 4.22. The van der Waals surface area contributed by atoms with Crippen molar-refractivity contribution in [1.82, 2.24) is 0 Å². The maximum Gasteiger partial charge on any atom is 0.0622 e. The van der Waals surface area contributed by atoms with E-state index in [1.807, 2.05) is 0 Å². The fourth-order valence-electron chi connectivity index (χ4n) is 0.0833. The van der Waals surface area contributed by atoms with Crippen LogP contribution in [0, 0.1) is 0 Å². The molecule has 0 aliphatic rings. The lowest BCUT2D eigenvalue weighted by molar-refractivity contribution is 1.98. The number of hydrogen-bond acceptors (Lipinski definition) is 0. The molecule has 0 saturated heterocycles. The fraction of sp³-hybridized carbons (Fsp3) is 0. The van der Waals surface area contributed by atoms with Gasteiger partial charge in [0.25, 0.3) is 0 Å². The maximum atomic E-state index is 7.07. The standard InChI is InChI=1S/C6H8/c1-3-5-6-4-2/h3-6H,1-2H2/b6-5-/i1D,2D,3D,5D,6D/b3-1?,4-2?,6-5-. The van der Waals surface area contributed by atoms with Gasteiger partial charge < -0.3 is 0 Å². The molecule has 0 amide bonds. The van der Waals surface area contributed by atoms with Gasteiger partial charge in [0.15, 0.2) is 0 Å². The highest BCUT2D eigenvalue weighted by Gasteiger charge is 1.47. The van der Waals surface area contributed by atoms with Crippen LogP contribution in [0.4, 0.5) is 0 Å². The molecule has 0 atom stereocenters. The molecule has 0 nitrogen and oxygen atoms in total. The molecule has 0 heteroatoms. The summed E-state index contributed by atoms with van der Waals surface area (Å²) in [5.41, 5.74) is 0. The van der Waals surface area contributed by atoms with E-state index in [0.717, 1.165) is 12.6 Å². The van der Waals surface area contributed by atoms with Crippen LogP contribution in [0.5, 0.6) is 0 Å². The van der Waals surface area contributed by atoms with Crippen LogP contribution in [0.1, 0.15) is 6.85 Å². The third-order valence-corrected chi connectivity index (χ3v) is 0.228. The third-order valence-electron chi connectivity index (χ3n) is 0.228. The molecule has 0 aliphatic heterocycles. The summed E-state index contributed by atoms with van der Waals surface area (Å²) >= 11 is 0. The SMILES string of the molecule is [2H]C=C/C([2H])=C(/[2H])C([2H])=C[2H]. The van der Waals surface area contributed by atoms with Gasteiger partial charge in [-0.15, -0.1) is 0 Å². The van der Waals surface area contributed by atoms with E-state index >= 15 is 0 Å². The average Bonchev–Trinajstić information content (AvgIpc) is 2.02. The molecule has 0 bridgehead atoms. The molecule has 0 saturated carbocycles. The molecule has 32 valence electrons. The Kier molecular flexibility index (Phi) is 0.769. The second-order valence-electron chi connectivity index (χ2n) is 0.580. The van der Waals surface area contributed by atoms with Crippen molar-refractivity contribution in [3.8, 4) is 0 Å². The zero-order chi connectivity index (χ0) is 8.85. The first-order valence-corrected chi connectivity index (χ1v) is 1.41. The number of hydrogen-bond donors (Lipinski definition) is 0. The Morgan fingerprint density at radius 2 is 2.50 bits per heavy atom. The molecule has 0 aliphatic carbocycles. The van der Waals surface area contributed by atoms with Crippen molar-refractivity contribution in [3.05, 3.63) is 37.3 Å². The van der Waals surface area contributed by atoms with Gasteiger partial charge in [0.05, 0.1) is 6.85 Å². The minimum atomic E-state index is -0.344. The van der Waals surface area contributed by atoms with Crippen molar-refractivity contribution in [1.29, 1.82) is 0 Å². The summed E-state index contributed by atoms with van der Waals surface area (Å²) in [5.74, 6) is 0. The topological polar surface area (TPSA) is 0 Å². The van der Waals surface area contributed by atoms with E-state index in [-0.39, 0.29) is 18.2 Å². The molecule has 0 radical (unpaired) electrons. The molecule has 0 aromatic carbocycles. The van der Waals surface area contributed by atoms with Crippen molar-refractivity contribution in [2.45, 2.75) is 0 Å². The van der Waals surface area contributed by atoms with Crippen LogP contribution in [0.2, 0.25) is 0 Å². The molecule has 0 unspecified atom stereocenters. The summed E-state index contributed by atoms with van der Waals surface area (Å²) in [6, 6.07) is -0.898. The first-order valence-electron chi connectivity index (χ1n) is 4.07. The van der Waals surface area contributed by atoms with Gasteiger partial charge in [0, 0.05) is 0 Å². The second-order valence-corrected chi connectivity index (χ2v) is 0.580. The van der Waals surface area contributed by atoms with E-state index in [1.54, 1.807) is 0 Å². The predicted molar refractivity (Wildman–Crippen MR) is 29.5 cm³/mol. The molecule has 6 heavy (non-hydrogen) atoms. The van der Waals surface area contributed by atoms with Crippen molar-refractivity contribution in [2.75, 3.05) is 0 Å². The van der Waals surface area contributed by atoms with Crippen molar-refractivity contribution in [2.24, 2.45) is 0 Å². The van der Waals surface area contributed by atoms with Gasteiger partial charge in [-0.2, -0.15) is 0 Å². The van der Waals surface area contributed by atoms with Gasteiger partial charge in [0.2, 0.25) is 0 Å². The van der Waals surface area contributed by atoms with Gasteiger partial charge in [0.1, 0.15) is 0 Å². The third kappa shape index (κ3) is 3.22. The highest BCUT2D eigenvalue weighted by Crippen LogP contribution is 1.69. The normalized spacial score (nSPS) is 29.3. The fourth-order valence-corrected chi connectivity index (χ4v) is 0.0833. The minimum absolute atomic E-state index is 0.228. The van der Waals surface area contributed by atoms with E-state index in [1.165, 1.54) is 0 Å². The minimum Gasteiger partial charge on any atom is -0.0991 e. The average molecular weight is 85.2 g/mol. The largest absolute Gasteiger partial charge is 0.0991 e. The molecule has 0 aromatic heterocycles. The van der Waals surface area contributed by atoms with Crippen LogP contribution >= 0.6 is 0 Å². The Morgan fingerprint density at radius 1 is 1.50 bits per heavy atom. The Bertz CT molecular complexity index is 213. The van der Waals surface area contributed by atoms with Crippen molar-refractivity contribution >= 4 is 0 Å². The van der Waals surface area contributed by atoms with E-state index < -0.39 is 0 Å². The maximum absolute atomic E-state index is 7.07. The molecule has 0 heterocycles. The van der Waals surface area contributed by atoms with Crippen molar-refractivity contribution in [3.63, 3.8) is 0 Å². The molecule has 0 rings (SSSR count). The molecular weight excluding hydrogens is 72.1 g/mol. The van der Waals surface area contributed by atoms with E-state index in [0.29, 0.717) is 6.55 Å². The van der Waals surface area contributed by atoms with Crippen LogP contribution in [0.25, 0.3) is 0 Å². The van der Waals surface area contributed by atoms with E-state index in [2.05, 4.69) is 0 Å². The Morgan fingerprint density at radius 3 is 3.17 bits per heavy atom. The summed E-state index contributed by atoms with van der Waals surface area (Å²) < 4.78 is 34.3. The number of rotatable bonds is 2. The quantitative estimate of drug-likeness (QED) is 0.449. The molecular formula is C6H8. The first kappa shape index (κ1) is 1.09. The Labute approximate surface area is 45.5 Å². The predicted octanol–water partition coefficient (Wildman–Crippen LogP) is 1.91. The summed E-state index contributed by atoms with van der Waals surface area (Å²) in [6.45, 7) is 1.56. The smallest absolute Gasteiger partial charge is 0.0622 e. The van der Waals surface area contributed by atoms with Crippen molar-refractivity contribution < 1.29 is 6.85 Å². The summed E-state index contributed by atoms with van der Waals surface area (Å²) in [5, 5.41) is 0. The molecule has 0 fully saturated rings. The van der Waals surface area contributed by atoms with Crippen LogP contribution in [0.15, 0.2) is 37.3 Å². The molecule has 0 spiro atoms. The lowest BCUT2D eigenvalue weighted by atomic mass is 10.5. The van der Waals surface area contributed by atoms with Crippen LogP contribution in [-0.4, -0.2) is 0 Å². The lowest BCUT2D eigenvalue weighted by Crippen LogP contribution is -1.38. The van der Waals surface area contributed by atoms with Gasteiger partial charge in [-0.1, -0.05) is 37.3 Å². The van der Waals surface area contributed by atoms with Crippen LogP contribution in [-0.2, 0) is 0 Å². The van der Waals surface area contributed by atoms with E-state index in [9.17, 15) is 0 Å². The first-order chi connectivity index (χ1) is 5.13. The van der Waals surface area contributed by atoms with Crippen LogP contribution < -0.4 is 0 Å². The van der Waals surface area contributed by atoms with Gasteiger partial charge in [-0.3, -0.25) is 0 Å². The van der Waals surface area contributed by atoms with Gasteiger partial charge in [-0.25, -0.2) is 0 Å². The molecule has 0 N–H and O–H groups in total. The van der Waals surface area contributed by atoms with Crippen LogP contribution in [0.3, 0.4) is 0 Å². The van der Waals surface area contributed by atoms with Gasteiger partial charge in [-0.05, 0) is 0 Å². The van der Waals surface area contributed by atoms with Gasteiger partial charge >= 0.3 is 0 Å². The summed E-state index contributed by atoms with van der Waals surface area (Å²) in [7, 11) is 0. The number of allylic oxidation sites excluding steroid dienone is 4. The zero-order valence-electron chi connectivity index (χ0n) is 8.23. The summed E-state index contributed by atoms with van der Waals surface area (Å²) in [6.07, 6.45) is 1.08.